The van der Waals surface area contributed by atoms with Crippen molar-refractivity contribution in [1.82, 2.24) is 4.98 Å². The molecule has 1 aromatic heterocycles. The monoisotopic (exact) mass is 335 g/mol. The van der Waals surface area contributed by atoms with E-state index < -0.39 is 11.6 Å². The van der Waals surface area contributed by atoms with Crippen LogP contribution in [0.25, 0.3) is 0 Å². The van der Waals surface area contributed by atoms with Crippen molar-refractivity contribution >= 4 is 21.9 Å². The molecule has 0 saturated heterocycles. The SMILES string of the molecule is C#CCCC1(CCOC(=O)c2ncc(Br)cc2C)N=N1. The van der Waals surface area contributed by atoms with Crippen LogP contribution in [0.1, 0.15) is 35.3 Å². The molecule has 0 fully saturated rings. The number of halogens is 1. The minimum atomic E-state index is -0.428. The standard InChI is InChI=1S/C14H14BrN3O2/c1-3-4-5-14(17-18-14)6-7-20-13(19)12-10(2)8-11(15)9-16-12/h1,8-9H,4-7H2,2H3. The number of terminal acetylenes is 1. The van der Waals surface area contributed by atoms with Gasteiger partial charge in [0.15, 0.2) is 11.4 Å². The first-order valence-electron chi connectivity index (χ1n) is 6.23. The van der Waals surface area contributed by atoms with Gasteiger partial charge < -0.3 is 4.74 Å². The van der Waals surface area contributed by atoms with Gasteiger partial charge in [-0.3, -0.25) is 0 Å². The average molecular weight is 336 g/mol. The van der Waals surface area contributed by atoms with Crippen LogP contribution in [0.4, 0.5) is 0 Å². The number of hydrogen-bond acceptors (Lipinski definition) is 5. The van der Waals surface area contributed by atoms with Crippen LogP contribution in [0, 0.1) is 19.3 Å². The number of esters is 1. The number of nitrogens with zero attached hydrogens (tertiary/aromatic N) is 3. The molecule has 0 N–H and O–H groups in total. The van der Waals surface area contributed by atoms with Gasteiger partial charge in [0.25, 0.3) is 0 Å². The molecule has 0 unspecified atom stereocenters. The van der Waals surface area contributed by atoms with Crippen molar-refractivity contribution in [1.29, 1.82) is 0 Å². The fourth-order valence-electron chi connectivity index (χ4n) is 1.80. The largest absolute Gasteiger partial charge is 0.461 e. The van der Waals surface area contributed by atoms with E-state index in [0.29, 0.717) is 25.0 Å². The zero-order valence-corrected chi connectivity index (χ0v) is 12.7. The second kappa shape index (κ2) is 6.14. The van der Waals surface area contributed by atoms with E-state index in [-0.39, 0.29) is 6.61 Å². The van der Waals surface area contributed by atoms with Crippen LogP contribution in [0.15, 0.2) is 27.0 Å². The number of carbonyl (C=O) groups excluding carboxylic acids is 1. The number of hydrogen-bond donors (Lipinski definition) is 0. The summed E-state index contributed by atoms with van der Waals surface area (Å²) in [5.74, 6) is 2.13. The van der Waals surface area contributed by atoms with E-state index >= 15 is 0 Å². The van der Waals surface area contributed by atoms with Crippen LogP contribution in [-0.4, -0.2) is 23.2 Å². The summed E-state index contributed by atoms with van der Waals surface area (Å²) in [7, 11) is 0. The Morgan fingerprint density at radius 1 is 1.50 bits per heavy atom. The highest BCUT2D eigenvalue weighted by Crippen LogP contribution is 2.36. The highest BCUT2D eigenvalue weighted by atomic mass is 79.9. The van der Waals surface area contributed by atoms with Gasteiger partial charge in [-0.2, -0.15) is 10.2 Å². The minimum Gasteiger partial charge on any atom is -0.461 e. The smallest absolute Gasteiger partial charge is 0.357 e. The maximum Gasteiger partial charge on any atom is 0.357 e. The van der Waals surface area contributed by atoms with E-state index in [1.54, 1.807) is 6.20 Å². The zero-order valence-electron chi connectivity index (χ0n) is 11.1. The molecule has 1 aromatic rings. The summed E-state index contributed by atoms with van der Waals surface area (Å²) in [6, 6.07) is 1.82. The first-order valence-corrected chi connectivity index (χ1v) is 7.02. The topological polar surface area (TPSA) is 63.9 Å². The third-order valence-corrected chi connectivity index (χ3v) is 3.46. The molecule has 0 bridgehead atoms. The van der Waals surface area contributed by atoms with Gasteiger partial charge in [-0.05, 0) is 34.5 Å². The van der Waals surface area contributed by atoms with Crippen LogP contribution in [-0.2, 0) is 4.74 Å². The first-order chi connectivity index (χ1) is 9.56. The van der Waals surface area contributed by atoms with Crippen molar-refractivity contribution in [3.63, 3.8) is 0 Å². The molecule has 5 nitrogen and oxygen atoms in total. The van der Waals surface area contributed by atoms with Crippen LogP contribution < -0.4 is 0 Å². The molecule has 20 heavy (non-hydrogen) atoms. The molecular weight excluding hydrogens is 322 g/mol. The molecule has 0 radical (unpaired) electrons. The average Bonchev–Trinajstić information content (AvgIpc) is 3.16. The van der Waals surface area contributed by atoms with Crippen molar-refractivity contribution in [3.05, 3.63) is 28.0 Å². The van der Waals surface area contributed by atoms with Crippen molar-refractivity contribution < 1.29 is 9.53 Å². The zero-order chi connectivity index (χ0) is 14.6. The molecule has 0 saturated carbocycles. The molecule has 1 aliphatic rings. The van der Waals surface area contributed by atoms with Gasteiger partial charge in [0.05, 0.1) is 6.61 Å². The van der Waals surface area contributed by atoms with E-state index in [1.807, 2.05) is 13.0 Å². The summed E-state index contributed by atoms with van der Waals surface area (Å²) >= 11 is 3.30. The molecule has 0 amide bonds. The maximum absolute atomic E-state index is 11.9. The molecule has 0 spiro atoms. The normalized spacial score (nSPS) is 14.7. The minimum absolute atomic E-state index is 0.258. The Morgan fingerprint density at radius 3 is 2.85 bits per heavy atom. The lowest BCUT2D eigenvalue weighted by Crippen LogP contribution is -2.17. The fourth-order valence-corrected chi connectivity index (χ4v) is 2.24. The first kappa shape index (κ1) is 14.7. The molecule has 2 heterocycles. The molecule has 2 rings (SSSR count). The Bertz CT molecular complexity index is 587. The summed E-state index contributed by atoms with van der Waals surface area (Å²) < 4.78 is 6.05. The molecule has 1 aliphatic heterocycles. The summed E-state index contributed by atoms with van der Waals surface area (Å²) in [5, 5.41) is 7.97. The summed E-state index contributed by atoms with van der Waals surface area (Å²) in [4.78, 5) is 16.0. The predicted octanol–water partition coefficient (Wildman–Crippen LogP) is 3.27. The second-order valence-corrected chi connectivity index (χ2v) is 5.51. The highest BCUT2D eigenvalue weighted by molar-refractivity contribution is 9.10. The number of pyridine rings is 1. The number of carbonyl (C=O) groups is 1. The lowest BCUT2D eigenvalue weighted by Gasteiger charge is -2.10. The van der Waals surface area contributed by atoms with Gasteiger partial charge in [-0.1, -0.05) is 0 Å². The van der Waals surface area contributed by atoms with E-state index in [2.05, 4.69) is 37.1 Å². The van der Waals surface area contributed by atoms with Gasteiger partial charge in [-0.15, -0.1) is 12.3 Å². The van der Waals surface area contributed by atoms with E-state index in [1.165, 1.54) is 0 Å². The molecule has 0 aliphatic carbocycles. The quantitative estimate of drug-likeness (QED) is 0.592. The van der Waals surface area contributed by atoms with Crippen molar-refractivity contribution in [2.45, 2.75) is 31.8 Å². The molecule has 6 heteroatoms. The lowest BCUT2D eigenvalue weighted by atomic mass is 10.1. The molecule has 104 valence electrons. The molecular formula is C14H14BrN3O2. The Balaban J connectivity index is 1.82. The molecule has 0 aromatic carbocycles. The van der Waals surface area contributed by atoms with Crippen LogP contribution in [0.2, 0.25) is 0 Å². The van der Waals surface area contributed by atoms with E-state index in [0.717, 1.165) is 10.0 Å². The Hall–Kier alpha value is -1.74. The summed E-state index contributed by atoms with van der Waals surface area (Å²) in [6.45, 7) is 2.07. The van der Waals surface area contributed by atoms with Gasteiger partial charge in [0.1, 0.15) is 0 Å². The van der Waals surface area contributed by atoms with E-state index in [4.69, 9.17) is 11.2 Å². The van der Waals surface area contributed by atoms with Crippen molar-refractivity contribution in [2.75, 3.05) is 6.61 Å². The van der Waals surface area contributed by atoms with Gasteiger partial charge in [0.2, 0.25) is 0 Å². The number of aryl methyl sites for hydroxylation is 1. The van der Waals surface area contributed by atoms with Crippen LogP contribution in [0.5, 0.6) is 0 Å². The third kappa shape index (κ3) is 3.64. The van der Waals surface area contributed by atoms with E-state index in [9.17, 15) is 4.79 Å². The van der Waals surface area contributed by atoms with Crippen molar-refractivity contribution in [3.8, 4) is 12.3 Å². The van der Waals surface area contributed by atoms with Gasteiger partial charge in [-0.25, -0.2) is 9.78 Å². The van der Waals surface area contributed by atoms with Crippen molar-refractivity contribution in [2.24, 2.45) is 10.2 Å². The number of aromatic nitrogens is 1. The lowest BCUT2D eigenvalue weighted by molar-refractivity contribution is 0.0479. The van der Waals surface area contributed by atoms with Crippen LogP contribution >= 0.6 is 15.9 Å². The number of ether oxygens (including phenoxy) is 1. The van der Waals surface area contributed by atoms with Gasteiger partial charge in [0, 0.05) is 29.9 Å². The maximum atomic E-state index is 11.9. The molecule has 0 atom stereocenters. The Labute approximate surface area is 126 Å². The number of rotatable bonds is 6. The van der Waals surface area contributed by atoms with Gasteiger partial charge >= 0.3 is 5.97 Å². The highest BCUT2D eigenvalue weighted by Gasteiger charge is 2.39. The fraction of sp³-hybridized carbons (Fsp3) is 0.429. The second-order valence-electron chi connectivity index (χ2n) is 4.59. The Morgan fingerprint density at radius 2 is 2.25 bits per heavy atom. The third-order valence-electron chi connectivity index (χ3n) is 3.03. The predicted molar refractivity (Wildman–Crippen MR) is 77.2 cm³/mol. The summed E-state index contributed by atoms with van der Waals surface area (Å²) in [5.41, 5.74) is 0.678. The Kier molecular flexibility index (Phi) is 4.50. The summed E-state index contributed by atoms with van der Waals surface area (Å²) in [6.07, 6.45) is 8.68. The van der Waals surface area contributed by atoms with Crippen LogP contribution in [0.3, 0.4) is 0 Å².